The van der Waals surface area contributed by atoms with Crippen LogP contribution in [0, 0.1) is 6.92 Å². The molecule has 0 amide bonds. The number of hydrogen-bond donors (Lipinski definition) is 1. The van der Waals surface area contributed by atoms with Gasteiger partial charge in [0.2, 0.25) is 0 Å². The summed E-state index contributed by atoms with van der Waals surface area (Å²) in [5.74, 6) is 2.37. The second kappa shape index (κ2) is 8.10. The second-order valence-corrected chi connectivity index (χ2v) is 7.95. The summed E-state index contributed by atoms with van der Waals surface area (Å²) in [6, 6.07) is 10.1. The lowest BCUT2D eigenvalue weighted by Gasteiger charge is -2.27. The number of pyridine rings is 1. The Bertz CT molecular complexity index is 1440. The highest BCUT2D eigenvalue weighted by atomic mass is 16.5. The van der Waals surface area contributed by atoms with Gasteiger partial charge in [0.25, 0.3) is 0 Å². The number of aryl methyl sites for hydroxylation is 1. The largest absolute Gasteiger partial charge is 0.378 e. The fraction of sp³-hybridized carbons (Fsp3) is 0.208. The number of benzene rings is 1. The van der Waals surface area contributed by atoms with Crippen LogP contribution in [0.5, 0.6) is 0 Å². The van der Waals surface area contributed by atoms with E-state index in [4.69, 9.17) is 9.72 Å². The lowest BCUT2D eigenvalue weighted by atomic mass is 10.1. The van der Waals surface area contributed by atoms with Crippen LogP contribution in [0.1, 0.15) is 5.82 Å². The normalized spacial score (nSPS) is 14.2. The van der Waals surface area contributed by atoms with Crippen LogP contribution in [0.3, 0.4) is 0 Å². The molecule has 6 rings (SSSR count). The Morgan fingerprint density at radius 3 is 2.73 bits per heavy atom. The standard InChI is InChI=1S/C24H22N8O/c1-16-26-13-18-12-17(2-4-20(18)28-16)21-15-32-7-6-25-24(32)23(30-21)29-19-3-5-22(27-14-19)31-8-10-33-11-9-31/h2-7,12-15H,8-11H2,1H3,(H,29,30). The molecule has 1 N–H and O–H groups in total. The maximum absolute atomic E-state index is 5.43. The molecule has 1 aliphatic heterocycles. The molecule has 0 saturated carbocycles. The van der Waals surface area contributed by atoms with Gasteiger partial charge in [-0.25, -0.2) is 24.9 Å². The van der Waals surface area contributed by atoms with Crippen molar-refractivity contribution in [2.45, 2.75) is 6.92 Å². The van der Waals surface area contributed by atoms with E-state index in [1.807, 2.05) is 60.4 Å². The monoisotopic (exact) mass is 438 g/mol. The molecule has 0 atom stereocenters. The predicted molar refractivity (Wildman–Crippen MR) is 127 cm³/mol. The van der Waals surface area contributed by atoms with E-state index in [1.165, 1.54) is 0 Å². The fourth-order valence-corrected chi connectivity index (χ4v) is 4.02. The molecular formula is C24H22N8O. The van der Waals surface area contributed by atoms with Gasteiger partial charge in [0.05, 0.1) is 36.3 Å². The zero-order valence-corrected chi connectivity index (χ0v) is 18.1. The summed E-state index contributed by atoms with van der Waals surface area (Å²) in [5, 5.41) is 4.37. The fourth-order valence-electron chi connectivity index (χ4n) is 4.02. The summed E-state index contributed by atoms with van der Waals surface area (Å²) >= 11 is 0. The first-order chi connectivity index (χ1) is 16.2. The molecule has 5 aromatic rings. The smallest absolute Gasteiger partial charge is 0.180 e. The summed E-state index contributed by atoms with van der Waals surface area (Å²) in [4.78, 5) is 25.0. The van der Waals surface area contributed by atoms with E-state index in [-0.39, 0.29) is 0 Å². The quantitative estimate of drug-likeness (QED) is 0.455. The van der Waals surface area contributed by atoms with Gasteiger partial charge in [-0.15, -0.1) is 0 Å². The topological polar surface area (TPSA) is 93.4 Å². The minimum absolute atomic E-state index is 0.665. The Morgan fingerprint density at radius 2 is 1.88 bits per heavy atom. The highest BCUT2D eigenvalue weighted by molar-refractivity contribution is 5.84. The third kappa shape index (κ3) is 3.83. The number of fused-ring (bicyclic) bond motifs is 2. The van der Waals surface area contributed by atoms with Crippen molar-refractivity contribution in [3.8, 4) is 11.3 Å². The molecule has 1 saturated heterocycles. The van der Waals surface area contributed by atoms with Crippen LogP contribution in [0.4, 0.5) is 17.3 Å². The van der Waals surface area contributed by atoms with Crippen molar-refractivity contribution < 1.29 is 4.74 Å². The molecule has 164 valence electrons. The van der Waals surface area contributed by atoms with Gasteiger partial charge in [0.1, 0.15) is 11.6 Å². The summed E-state index contributed by atoms with van der Waals surface area (Å²) in [6.07, 6.45) is 9.33. The molecule has 1 aromatic carbocycles. The molecule has 0 spiro atoms. The van der Waals surface area contributed by atoms with Gasteiger partial charge in [-0.2, -0.15) is 0 Å². The minimum Gasteiger partial charge on any atom is -0.378 e. The van der Waals surface area contributed by atoms with Gasteiger partial charge < -0.3 is 19.4 Å². The molecule has 4 aromatic heterocycles. The van der Waals surface area contributed by atoms with Crippen LogP contribution >= 0.6 is 0 Å². The van der Waals surface area contributed by atoms with Crippen molar-refractivity contribution in [1.29, 1.82) is 0 Å². The number of morpholine rings is 1. The summed E-state index contributed by atoms with van der Waals surface area (Å²) < 4.78 is 7.40. The number of aromatic nitrogens is 6. The molecular weight excluding hydrogens is 416 g/mol. The van der Waals surface area contributed by atoms with Crippen molar-refractivity contribution in [2.75, 3.05) is 36.5 Å². The molecule has 0 radical (unpaired) electrons. The van der Waals surface area contributed by atoms with E-state index in [0.29, 0.717) is 5.82 Å². The van der Waals surface area contributed by atoms with Crippen molar-refractivity contribution in [3.05, 3.63) is 67.1 Å². The number of nitrogens with one attached hydrogen (secondary N) is 1. The lowest BCUT2D eigenvalue weighted by Crippen LogP contribution is -2.36. The Kier molecular flexibility index (Phi) is 4.80. The number of anilines is 3. The van der Waals surface area contributed by atoms with E-state index in [0.717, 1.165) is 71.4 Å². The third-order valence-electron chi connectivity index (χ3n) is 5.72. The lowest BCUT2D eigenvalue weighted by molar-refractivity contribution is 0.122. The van der Waals surface area contributed by atoms with E-state index in [2.05, 4.69) is 36.2 Å². The summed E-state index contributed by atoms with van der Waals surface area (Å²) in [5.41, 5.74) is 4.32. The Hall–Kier alpha value is -4.11. The van der Waals surface area contributed by atoms with E-state index in [9.17, 15) is 0 Å². The molecule has 0 bridgehead atoms. The van der Waals surface area contributed by atoms with Crippen LogP contribution in [-0.4, -0.2) is 55.6 Å². The summed E-state index contributed by atoms with van der Waals surface area (Å²) in [7, 11) is 0. The average Bonchev–Trinajstić information content (AvgIpc) is 3.34. The second-order valence-electron chi connectivity index (χ2n) is 7.95. The Labute approximate surface area is 190 Å². The highest BCUT2D eigenvalue weighted by Gasteiger charge is 2.14. The molecule has 0 unspecified atom stereocenters. The number of nitrogens with zero attached hydrogens (tertiary/aromatic N) is 7. The van der Waals surface area contributed by atoms with E-state index in [1.54, 1.807) is 6.20 Å². The maximum atomic E-state index is 5.43. The van der Waals surface area contributed by atoms with E-state index < -0.39 is 0 Å². The van der Waals surface area contributed by atoms with Gasteiger partial charge in [0.15, 0.2) is 11.5 Å². The first-order valence-electron chi connectivity index (χ1n) is 10.9. The first-order valence-corrected chi connectivity index (χ1v) is 10.9. The zero-order valence-electron chi connectivity index (χ0n) is 18.1. The first kappa shape index (κ1) is 19.6. The van der Waals surface area contributed by atoms with Crippen LogP contribution in [0.15, 0.2) is 61.3 Å². The Morgan fingerprint density at radius 1 is 0.970 bits per heavy atom. The molecule has 5 heterocycles. The highest BCUT2D eigenvalue weighted by Crippen LogP contribution is 2.27. The van der Waals surface area contributed by atoms with Gasteiger partial charge in [0, 0.05) is 48.8 Å². The number of hydrogen-bond acceptors (Lipinski definition) is 8. The van der Waals surface area contributed by atoms with Crippen LogP contribution in [0.25, 0.3) is 27.8 Å². The number of imidazole rings is 1. The molecule has 9 nitrogen and oxygen atoms in total. The SMILES string of the molecule is Cc1ncc2cc(-c3cn4ccnc4c(Nc4ccc(N5CCOCC5)nc4)n3)ccc2n1. The van der Waals surface area contributed by atoms with Crippen molar-refractivity contribution >= 4 is 33.9 Å². The maximum Gasteiger partial charge on any atom is 0.180 e. The zero-order chi connectivity index (χ0) is 22.2. The van der Waals surface area contributed by atoms with Crippen molar-refractivity contribution in [3.63, 3.8) is 0 Å². The third-order valence-corrected chi connectivity index (χ3v) is 5.72. The van der Waals surface area contributed by atoms with Crippen LogP contribution in [0.2, 0.25) is 0 Å². The molecule has 33 heavy (non-hydrogen) atoms. The molecule has 1 aliphatic rings. The van der Waals surface area contributed by atoms with Crippen molar-refractivity contribution in [1.82, 2.24) is 29.3 Å². The number of ether oxygens (including phenoxy) is 1. The van der Waals surface area contributed by atoms with Crippen molar-refractivity contribution in [2.24, 2.45) is 0 Å². The molecule has 1 fully saturated rings. The van der Waals surface area contributed by atoms with Gasteiger partial charge in [-0.3, -0.25) is 0 Å². The van der Waals surface area contributed by atoms with Crippen LogP contribution in [-0.2, 0) is 4.74 Å². The minimum atomic E-state index is 0.665. The summed E-state index contributed by atoms with van der Waals surface area (Å²) in [6.45, 7) is 5.07. The Balaban J connectivity index is 1.34. The predicted octanol–water partition coefficient (Wildman–Crippen LogP) is 3.62. The van der Waals surface area contributed by atoms with Gasteiger partial charge in [-0.1, -0.05) is 6.07 Å². The average molecular weight is 438 g/mol. The molecule has 0 aliphatic carbocycles. The van der Waals surface area contributed by atoms with Gasteiger partial charge in [-0.05, 0) is 31.2 Å². The molecule has 9 heteroatoms. The van der Waals surface area contributed by atoms with E-state index >= 15 is 0 Å². The van der Waals surface area contributed by atoms with Gasteiger partial charge >= 0.3 is 0 Å². The van der Waals surface area contributed by atoms with Crippen LogP contribution < -0.4 is 10.2 Å². The number of rotatable bonds is 4.